The minimum Gasteiger partial charge on any atom is -0.399 e. The van der Waals surface area contributed by atoms with Crippen molar-refractivity contribution in [1.82, 2.24) is 4.98 Å². The number of hydrogen-bond donors (Lipinski definition) is 2. The number of aryl methyl sites for hydroxylation is 2. The zero-order valence-corrected chi connectivity index (χ0v) is 11.7. The highest BCUT2D eigenvalue weighted by molar-refractivity contribution is 7.22. The van der Waals surface area contributed by atoms with Crippen LogP contribution in [-0.2, 0) is 0 Å². The summed E-state index contributed by atoms with van der Waals surface area (Å²) in [5, 5.41) is 4.29. The number of nitrogens with two attached hydrogens (primary N) is 1. The Kier molecular flexibility index (Phi) is 2.87. The summed E-state index contributed by atoms with van der Waals surface area (Å²) in [5.41, 5.74) is 11.1. The molecule has 1 aromatic heterocycles. The van der Waals surface area contributed by atoms with Gasteiger partial charge >= 0.3 is 0 Å². The van der Waals surface area contributed by atoms with E-state index in [0.29, 0.717) is 0 Å². The standard InChI is InChI=1S/C15H15N3S/c1-9-3-4-10(2)13(7-9)18-15-17-12-6-5-11(16)8-14(12)19-15/h3-8H,16H2,1-2H3,(H,17,18). The Hall–Kier alpha value is -2.07. The van der Waals surface area contributed by atoms with E-state index in [1.165, 1.54) is 11.1 Å². The van der Waals surface area contributed by atoms with Crippen molar-refractivity contribution >= 4 is 38.1 Å². The second-order valence-electron chi connectivity index (χ2n) is 4.69. The number of nitrogens with zero attached hydrogens (tertiary/aromatic N) is 1. The lowest BCUT2D eigenvalue weighted by molar-refractivity contribution is 1.36. The van der Waals surface area contributed by atoms with Crippen LogP contribution in [0, 0.1) is 13.8 Å². The van der Waals surface area contributed by atoms with E-state index in [-0.39, 0.29) is 0 Å². The molecule has 4 heteroatoms. The van der Waals surface area contributed by atoms with Crippen molar-refractivity contribution in [3.8, 4) is 0 Å². The highest BCUT2D eigenvalue weighted by Crippen LogP contribution is 2.30. The molecular weight excluding hydrogens is 254 g/mol. The zero-order valence-electron chi connectivity index (χ0n) is 10.9. The van der Waals surface area contributed by atoms with E-state index in [4.69, 9.17) is 5.73 Å². The molecule has 0 bridgehead atoms. The molecule has 0 spiro atoms. The van der Waals surface area contributed by atoms with Gasteiger partial charge in [-0.25, -0.2) is 4.98 Å². The normalized spacial score (nSPS) is 10.8. The van der Waals surface area contributed by atoms with Crippen LogP contribution in [0.3, 0.4) is 0 Å². The quantitative estimate of drug-likeness (QED) is 0.684. The lowest BCUT2D eigenvalue weighted by Crippen LogP contribution is -1.92. The fourth-order valence-electron chi connectivity index (χ4n) is 1.98. The smallest absolute Gasteiger partial charge is 0.188 e. The van der Waals surface area contributed by atoms with Gasteiger partial charge in [0.05, 0.1) is 10.2 Å². The van der Waals surface area contributed by atoms with Crippen LogP contribution >= 0.6 is 11.3 Å². The third-order valence-corrected chi connectivity index (χ3v) is 3.98. The molecule has 0 unspecified atom stereocenters. The minimum atomic E-state index is 0.773. The van der Waals surface area contributed by atoms with Gasteiger partial charge in [0.2, 0.25) is 0 Å². The maximum atomic E-state index is 5.79. The maximum absolute atomic E-state index is 5.79. The third kappa shape index (κ3) is 2.39. The van der Waals surface area contributed by atoms with Gasteiger partial charge in [0.15, 0.2) is 5.13 Å². The first-order valence-corrected chi connectivity index (χ1v) is 6.94. The van der Waals surface area contributed by atoms with Crippen molar-refractivity contribution in [2.45, 2.75) is 13.8 Å². The van der Waals surface area contributed by atoms with Crippen LogP contribution < -0.4 is 11.1 Å². The van der Waals surface area contributed by atoms with Gasteiger partial charge in [0.25, 0.3) is 0 Å². The Bertz CT molecular complexity index is 746. The molecule has 0 aliphatic rings. The molecule has 0 saturated carbocycles. The highest BCUT2D eigenvalue weighted by Gasteiger charge is 2.06. The molecule has 96 valence electrons. The Labute approximate surface area is 116 Å². The molecule has 0 atom stereocenters. The fraction of sp³-hybridized carbons (Fsp3) is 0.133. The van der Waals surface area contributed by atoms with Crippen LogP contribution in [-0.4, -0.2) is 4.98 Å². The number of hydrogen-bond acceptors (Lipinski definition) is 4. The highest BCUT2D eigenvalue weighted by atomic mass is 32.1. The Morgan fingerprint density at radius 1 is 1.11 bits per heavy atom. The first kappa shape index (κ1) is 12.0. The van der Waals surface area contributed by atoms with Gasteiger partial charge < -0.3 is 11.1 Å². The van der Waals surface area contributed by atoms with E-state index in [1.807, 2.05) is 18.2 Å². The van der Waals surface area contributed by atoms with E-state index in [2.05, 4.69) is 42.3 Å². The molecule has 0 fully saturated rings. The Morgan fingerprint density at radius 2 is 1.95 bits per heavy atom. The van der Waals surface area contributed by atoms with Gasteiger partial charge in [-0.2, -0.15) is 0 Å². The predicted octanol–water partition coefficient (Wildman–Crippen LogP) is 4.24. The SMILES string of the molecule is Cc1ccc(C)c(Nc2nc3ccc(N)cc3s2)c1. The predicted molar refractivity (Wildman–Crippen MR) is 83.2 cm³/mol. The molecule has 0 amide bonds. The molecule has 1 heterocycles. The van der Waals surface area contributed by atoms with E-state index in [0.717, 1.165) is 26.7 Å². The van der Waals surface area contributed by atoms with Crippen molar-refractivity contribution in [3.05, 3.63) is 47.5 Å². The van der Waals surface area contributed by atoms with Crippen molar-refractivity contribution < 1.29 is 0 Å². The number of nitrogen functional groups attached to an aromatic ring is 1. The number of anilines is 3. The van der Waals surface area contributed by atoms with Crippen molar-refractivity contribution in [3.63, 3.8) is 0 Å². The summed E-state index contributed by atoms with van der Waals surface area (Å²) < 4.78 is 1.10. The lowest BCUT2D eigenvalue weighted by Gasteiger charge is -2.07. The van der Waals surface area contributed by atoms with Crippen LogP contribution in [0.15, 0.2) is 36.4 Å². The fourth-order valence-corrected chi connectivity index (χ4v) is 2.91. The van der Waals surface area contributed by atoms with Crippen molar-refractivity contribution in [2.24, 2.45) is 0 Å². The summed E-state index contributed by atoms with van der Waals surface area (Å²) in [4.78, 5) is 4.57. The molecule has 3 rings (SSSR count). The van der Waals surface area contributed by atoms with E-state index in [1.54, 1.807) is 11.3 Å². The van der Waals surface area contributed by atoms with Crippen LogP contribution in [0.1, 0.15) is 11.1 Å². The summed E-state index contributed by atoms with van der Waals surface area (Å²) >= 11 is 1.62. The molecule has 0 aliphatic heterocycles. The van der Waals surface area contributed by atoms with Gasteiger partial charge in [0.1, 0.15) is 0 Å². The van der Waals surface area contributed by atoms with Crippen LogP contribution in [0.25, 0.3) is 10.2 Å². The number of aromatic nitrogens is 1. The summed E-state index contributed by atoms with van der Waals surface area (Å²) in [5.74, 6) is 0. The minimum absolute atomic E-state index is 0.773. The monoisotopic (exact) mass is 269 g/mol. The number of fused-ring (bicyclic) bond motifs is 1. The molecule has 2 aromatic carbocycles. The van der Waals surface area contributed by atoms with E-state index in [9.17, 15) is 0 Å². The molecule has 0 radical (unpaired) electrons. The molecule has 0 aliphatic carbocycles. The third-order valence-electron chi connectivity index (χ3n) is 3.05. The number of nitrogens with one attached hydrogen (secondary N) is 1. The average Bonchev–Trinajstić information content (AvgIpc) is 2.75. The Balaban J connectivity index is 1.98. The molecule has 3 nitrogen and oxygen atoms in total. The summed E-state index contributed by atoms with van der Waals surface area (Å²) in [6, 6.07) is 12.2. The Morgan fingerprint density at radius 3 is 2.79 bits per heavy atom. The second-order valence-corrected chi connectivity index (χ2v) is 5.72. The van der Waals surface area contributed by atoms with E-state index >= 15 is 0 Å². The summed E-state index contributed by atoms with van der Waals surface area (Å²) in [6.07, 6.45) is 0. The van der Waals surface area contributed by atoms with Crippen LogP contribution in [0.4, 0.5) is 16.5 Å². The van der Waals surface area contributed by atoms with Crippen LogP contribution in [0.5, 0.6) is 0 Å². The molecule has 3 aromatic rings. The van der Waals surface area contributed by atoms with Gasteiger partial charge in [-0.05, 0) is 49.2 Å². The topological polar surface area (TPSA) is 50.9 Å². The first-order valence-electron chi connectivity index (χ1n) is 6.12. The number of thiazole rings is 1. The number of benzene rings is 2. The van der Waals surface area contributed by atoms with Crippen molar-refractivity contribution in [1.29, 1.82) is 0 Å². The molecular formula is C15H15N3S. The second kappa shape index (κ2) is 4.55. The molecule has 3 N–H and O–H groups in total. The largest absolute Gasteiger partial charge is 0.399 e. The van der Waals surface area contributed by atoms with Gasteiger partial charge in [-0.1, -0.05) is 23.5 Å². The lowest BCUT2D eigenvalue weighted by atomic mass is 10.1. The van der Waals surface area contributed by atoms with Gasteiger partial charge in [0, 0.05) is 11.4 Å². The zero-order chi connectivity index (χ0) is 13.4. The summed E-state index contributed by atoms with van der Waals surface area (Å²) in [7, 11) is 0. The molecule has 19 heavy (non-hydrogen) atoms. The van der Waals surface area contributed by atoms with E-state index < -0.39 is 0 Å². The number of rotatable bonds is 2. The molecule has 0 saturated heterocycles. The van der Waals surface area contributed by atoms with Crippen LogP contribution in [0.2, 0.25) is 0 Å². The average molecular weight is 269 g/mol. The maximum Gasteiger partial charge on any atom is 0.188 e. The summed E-state index contributed by atoms with van der Waals surface area (Å²) in [6.45, 7) is 4.18. The first-order chi connectivity index (χ1) is 9.11. The van der Waals surface area contributed by atoms with Gasteiger partial charge in [-0.15, -0.1) is 0 Å². The van der Waals surface area contributed by atoms with Crippen molar-refractivity contribution in [2.75, 3.05) is 11.1 Å². The van der Waals surface area contributed by atoms with Gasteiger partial charge in [-0.3, -0.25) is 0 Å².